The first-order valence-electron chi connectivity index (χ1n) is 9.16. The van der Waals surface area contributed by atoms with Crippen molar-refractivity contribution in [1.29, 1.82) is 0 Å². The summed E-state index contributed by atoms with van der Waals surface area (Å²) in [4.78, 5) is 14.3. The van der Waals surface area contributed by atoms with E-state index in [1.807, 2.05) is 25.7 Å². The zero-order valence-electron chi connectivity index (χ0n) is 15.3. The molecule has 0 aromatic heterocycles. The normalized spacial score (nSPS) is 24.7. The Morgan fingerprint density at radius 3 is 2.65 bits per heavy atom. The fourth-order valence-electron chi connectivity index (χ4n) is 3.45. The molecule has 2 saturated heterocycles. The van der Waals surface area contributed by atoms with Crippen LogP contribution in [-0.4, -0.2) is 53.3 Å². The first-order valence-corrected chi connectivity index (χ1v) is 10.3. The summed E-state index contributed by atoms with van der Waals surface area (Å²) in [6.07, 6.45) is 5.77. The van der Waals surface area contributed by atoms with Crippen LogP contribution in [0.15, 0.2) is 0 Å². The Hall–Kier alpha value is -0.420. The van der Waals surface area contributed by atoms with Crippen molar-refractivity contribution in [3.63, 3.8) is 0 Å². The first kappa shape index (κ1) is 18.9. The number of ether oxygens (including phenoxy) is 1. The average Bonchev–Trinajstić information content (AvgIpc) is 2.93. The van der Waals surface area contributed by atoms with Crippen LogP contribution in [-0.2, 0) is 4.74 Å². The van der Waals surface area contributed by atoms with Gasteiger partial charge in [0.05, 0.1) is 0 Å². The van der Waals surface area contributed by atoms with E-state index in [0.29, 0.717) is 12.1 Å². The molecule has 0 aliphatic carbocycles. The summed E-state index contributed by atoms with van der Waals surface area (Å²) < 4.78 is 5.55. The third-order valence-corrected chi connectivity index (χ3v) is 5.78. The van der Waals surface area contributed by atoms with Gasteiger partial charge in [0, 0.05) is 18.6 Å². The highest BCUT2D eigenvalue weighted by Crippen LogP contribution is 2.25. The second-order valence-electron chi connectivity index (χ2n) is 8.07. The maximum atomic E-state index is 12.3. The van der Waals surface area contributed by atoms with E-state index < -0.39 is 5.60 Å². The zero-order chi connectivity index (χ0) is 16.9. The fraction of sp³-hybridized carbons (Fsp3) is 0.944. The first-order chi connectivity index (χ1) is 10.8. The molecule has 5 heteroatoms. The maximum Gasteiger partial charge on any atom is 0.410 e. The van der Waals surface area contributed by atoms with E-state index >= 15 is 0 Å². The molecule has 2 fully saturated rings. The third-order valence-electron chi connectivity index (χ3n) is 4.73. The lowest BCUT2D eigenvalue weighted by Gasteiger charge is -2.30. The smallest absolute Gasteiger partial charge is 0.410 e. The molecule has 134 valence electrons. The van der Waals surface area contributed by atoms with Crippen molar-refractivity contribution in [1.82, 2.24) is 10.2 Å². The van der Waals surface area contributed by atoms with Gasteiger partial charge in [-0.2, -0.15) is 11.8 Å². The van der Waals surface area contributed by atoms with Crippen LogP contribution in [0.1, 0.15) is 59.8 Å². The Labute approximate surface area is 146 Å². The molecule has 2 aliphatic heterocycles. The van der Waals surface area contributed by atoms with Crippen LogP contribution in [0.2, 0.25) is 0 Å². The fourth-order valence-corrected chi connectivity index (χ4v) is 4.66. The van der Waals surface area contributed by atoms with Gasteiger partial charge in [-0.3, -0.25) is 0 Å². The predicted octanol–water partition coefficient (Wildman–Crippen LogP) is 3.90. The minimum Gasteiger partial charge on any atom is -0.444 e. The van der Waals surface area contributed by atoms with Crippen molar-refractivity contribution in [3.05, 3.63) is 0 Å². The molecule has 4 nitrogen and oxygen atoms in total. The van der Waals surface area contributed by atoms with Crippen LogP contribution in [0, 0.1) is 5.92 Å². The summed E-state index contributed by atoms with van der Waals surface area (Å²) >= 11 is 2.08. The molecule has 23 heavy (non-hydrogen) atoms. The molecule has 1 N–H and O–H groups in total. The molecule has 2 unspecified atom stereocenters. The second-order valence-corrected chi connectivity index (χ2v) is 9.30. The number of hydrogen-bond acceptors (Lipinski definition) is 4. The van der Waals surface area contributed by atoms with E-state index in [9.17, 15) is 4.79 Å². The van der Waals surface area contributed by atoms with E-state index in [1.54, 1.807) is 0 Å². The van der Waals surface area contributed by atoms with Gasteiger partial charge in [-0.05, 0) is 83.8 Å². The molecule has 0 aromatic rings. The highest BCUT2D eigenvalue weighted by Gasteiger charge is 2.32. The highest BCUT2D eigenvalue weighted by molar-refractivity contribution is 7.99. The Morgan fingerprint density at radius 2 is 2.00 bits per heavy atom. The van der Waals surface area contributed by atoms with Gasteiger partial charge in [-0.1, -0.05) is 0 Å². The quantitative estimate of drug-likeness (QED) is 0.823. The van der Waals surface area contributed by atoms with Crippen molar-refractivity contribution in [2.45, 2.75) is 77.5 Å². The summed E-state index contributed by atoms with van der Waals surface area (Å²) in [7, 11) is 0. The Morgan fingerprint density at radius 1 is 1.30 bits per heavy atom. The summed E-state index contributed by atoms with van der Waals surface area (Å²) in [6, 6.07) is 0.784. The molecule has 1 amide bonds. The standard InChI is InChI=1S/C18H34N2O2S/c1-14(19-13-15-7-10-23-11-8-15)12-16-6-5-9-20(16)17(21)22-18(2,3)4/h14-16,19H,5-13H2,1-4H3. The van der Waals surface area contributed by atoms with E-state index in [-0.39, 0.29) is 6.09 Å². The topological polar surface area (TPSA) is 41.6 Å². The van der Waals surface area contributed by atoms with Gasteiger partial charge in [0.25, 0.3) is 0 Å². The molecule has 0 bridgehead atoms. The number of hydrogen-bond donors (Lipinski definition) is 1. The monoisotopic (exact) mass is 342 g/mol. The number of thioether (sulfide) groups is 1. The van der Waals surface area contributed by atoms with Crippen molar-refractivity contribution in [2.24, 2.45) is 5.92 Å². The van der Waals surface area contributed by atoms with Gasteiger partial charge in [0.15, 0.2) is 0 Å². The number of likely N-dealkylation sites (tertiary alicyclic amines) is 1. The zero-order valence-corrected chi connectivity index (χ0v) is 16.1. The molecule has 0 saturated carbocycles. The van der Waals surface area contributed by atoms with Crippen LogP contribution < -0.4 is 5.32 Å². The number of nitrogens with one attached hydrogen (secondary N) is 1. The number of amides is 1. The molecule has 0 aromatic carbocycles. The molecule has 0 radical (unpaired) electrons. The van der Waals surface area contributed by atoms with Crippen LogP contribution in [0.3, 0.4) is 0 Å². The third kappa shape index (κ3) is 6.54. The Bertz CT molecular complexity index is 378. The van der Waals surface area contributed by atoms with Gasteiger partial charge < -0.3 is 15.0 Å². The van der Waals surface area contributed by atoms with Gasteiger partial charge in [0.2, 0.25) is 0 Å². The Balaban J connectivity index is 1.75. The van der Waals surface area contributed by atoms with Crippen LogP contribution in [0.4, 0.5) is 4.79 Å². The van der Waals surface area contributed by atoms with Gasteiger partial charge in [-0.25, -0.2) is 4.79 Å². The minimum atomic E-state index is -0.410. The molecule has 2 atom stereocenters. The molecule has 0 spiro atoms. The minimum absolute atomic E-state index is 0.142. The van der Waals surface area contributed by atoms with E-state index in [0.717, 1.165) is 38.3 Å². The number of rotatable bonds is 5. The molecule has 2 rings (SSSR count). The van der Waals surface area contributed by atoms with E-state index in [4.69, 9.17) is 4.74 Å². The van der Waals surface area contributed by atoms with Crippen molar-refractivity contribution in [2.75, 3.05) is 24.6 Å². The lowest BCUT2D eigenvalue weighted by molar-refractivity contribution is 0.0214. The number of carbonyl (C=O) groups excluding carboxylic acids is 1. The largest absolute Gasteiger partial charge is 0.444 e. The maximum absolute atomic E-state index is 12.3. The SMILES string of the molecule is CC(CC1CCCN1C(=O)OC(C)(C)C)NCC1CCSCC1. The second kappa shape index (κ2) is 8.61. The summed E-state index contributed by atoms with van der Waals surface area (Å²) in [5.74, 6) is 3.47. The summed E-state index contributed by atoms with van der Waals surface area (Å²) in [5.41, 5.74) is -0.410. The average molecular weight is 343 g/mol. The van der Waals surface area contributed by atoms with Crippen molar-refractivity contribution < 1.29 is 9.53 Å². The lowest BCUT2D eigenvalue weighted by Crippen LogP contribution is -2.43. The van der Waals surface area contributed by atoms with Gasteiger partial charge in [-0.15, -0.1) is 0 Å². The van der Waals surface area contributed by atoms with Crippen LogP contribution in [0.5, 0.6) is 0 Å². The van der Waals surface area contributed by atoms with Crippen LogP contribution >= 0.6 is 11.8 Å². The van der Waals surface area contributed by atoms with Gasteiger partial charge >= 0.3 is 6.09 Å². The molecular formula is C18H34N2O2S. The Kier molecular flexibility index (Phi) is 7.08. The molecule has 2 aliphatic rings. The van der Waals surface area contributed by atoms with Crippen molar-refractivity contribution in [3.8, 4) is 0 Å². The predicted molar refractivity (Wildman–Crippen MR) is 98.1 cm³/mol. The molecule has 2 heterocycles. The number of nitrogens with zero attached hydrogens (tertiary/aromatic N) is 1. The van der Waals surface area contributed by atoms with E-state index in [2.05, 4.69) is 24.0 Å². The number of carbonyl (C=O) groups is 1. The summed E-state index contributed by atoms with van der Waals surface area (Å²) in [5, 5.41) is 3.70. The molecular weight excluding hydrogens is 308 g/mol. The lowest BCUT2D eigenvalue weighted by atomic mass is 10.0. The van der Waals surface area contributed by atoms with Gasteiger partial charge in [0.1, 0.15) is 5.60 Å². The van der Waals surface area contributed by atoms with E-state index in [1.165, 1.54) is 24.3 Å². The van der Waals surface area contributed by atoms with Crippen molar-refractivity contribution >= 4 is 17.9 Å². The summed E-state index contributed by atoms with van der Waals surface area (Å²) in [6.45, 7) is 10.0. The van der Waals surface area contributed by atoms with Crippen LogP contribution in [0.25, 0.3) is 0 Å². The highest BCUT2D eigenvalue weighted by atomic mass is 32.2.